The first-order valence-corrected chi connectivity index (χ1v) is 8.56. The molecule has 1 aliphatic heterocycles. The number of amides is 1. The maximum Gasteiger partial charge on any atom is 0.337 e. The zero-order valence-corrected chi connectivity index (χ0v) is 13.8. The molecule has 1 aromatic carbocycles. The van der Waals surface area contributed by atoms with E-state index in [1.54, 1.807) is 23.9 Å². The van der Waals surface area contributed by atoms with Gasteiger partial charge in [0.1, 0.15) is 0 Å². The number of thioether (sulfide) groups is 1. The molecule has 1 heterocycles. The zero-order chi connectivity index (χ0) is 15.2. The van der Waals surface area contributed by atoms with Gasteiger partial charge >= 0.3 is 5.97 Å². The molecular weight excluding hydrogens is 356 g/mol. The Morgan fingerprint density at radius 3 is 2.76 bits per heavy atom. The highest BCUT2D eigenvalue weighted by molar-refractivity contribution is 9.10. The van der Waals surface area contributed by atoms with Gasteiger partial charge in [0.25, 0.3) is 0 Å². The van der Waals surface area contributed by atoms with Crippen LogP contribution in [0.15, 0.2) is 22.7 Å². The average Bonchev–Trinajstić information content (AvgIpc) is 2.48. The van der Waals surface area contributed by atoms with Gasteiger partial charge in [-0.3, -0.25) is 4.79 Å². The molecular formula is C14H17BrN2O3S. The number of aromatic carboxylic acids is 1. The lowest BCUT2D eigenvalue weighted by atomic mass is 10.2. The summed E-state index contributed by atoms with van der Waals surface area (Å²) in [6, 6.07) is 4.82. The molecule has 0 bridgehead atoms. The second-order valence-electron chi connectivity index (χ2n) is 4.78. The number of halogens is 1. The quantitative estimate of drug-likeness (QED) is 0.740. The van der Waals surface area contributed by atoms with Crippen molar-refractivity contribution in [3.63, 3.8) is 0 Å². The van der Waals surface area contributed by atoms with Crippen LogP contribution in [0.2, 0.25) is 0 Å². The highest BCUT2D eigenvalue weighted by Crippen LogP contribution is 2.27. The van der Waals surface area contributed by atoms with Crippen molar-refractivity contribution >= 4 is 45.3 Å². The van der Waals surface area contributed by atoms with Gasteiger partial charge in [-0.05, 0) is 54.0 Å². The van der Waals surface area contributed by atoms with Gasteiger partial charge < -0.3 is 15.7 Å². The molecule has 0 radical (unpaired) electrons. The molecule has 0 saturated carbocycles. The molecule has 1 fully saturated rings. The van der Waals surface area contributed by atoms with E-state index in [1.807, 2.05) is 0 Å². The van der Waals surface area contributed by atoms with Gasteiger partial charge in [-0.15, -0.1) is 11.8 Å². The SMILES string of the molecule is O=C(CSC1CCNCC1)Nc1c(Br)cccc1C(=O)O. The molecule has 114 valence electrons. The number of carbonyl (C=O) groups is 2. The van der Waals surface area contributed by atoms with E-state index in [0.717, 1.165) is 25.9 Å². The number of rotatable bonds is 5. The molecule has 3 N–H and O–H groups in total. The van der Waals surface area contributed by atoms with Crippen LogP contribution in [0.5, 0.6) is 0 Å². The first-order chi connectivity index (χ1) is 10.1. The van der Waals surface area contributed by atoms with E-state index in [2.05, 4.69) is 26.6 Å². The van der Waals surface area contributed by atoms with Crippen LogP contribution in [0.3, 0.4) is 0 Å². The van der Waals surface area contributed by atoms with E-state index in [1.165, 1.54) is 6.07 Å². The molecule has 7 heteroatoms. The number of piperidine rings is 1. The Balaban J connectivity index is 1.94. The molecule has 2 rings (SSSR count). The molecule has 21 heavy (non-hydrogen) atoms. The lowest BCUT2D eigenvalue weighted by Gasteiger charge is -2.21. The van der Waals surface area contributed by atoms with Gasteiger partial charge in [-0.25, -0.2) is 4.79 Å². The van der Waals surface area contributed by atoms with Crippen LogP contribution in [-0.4, -0.2) is 41.1 Å². The van der Waals surface area contributed by atoms with E-state index in [-0.39, 0.29) is 11.5 Å². The zero-order valence-electron chi connectivity index (χ0n) is 11.4. The van der Waals surface area contributed by atoms with Crippen LogP contribution < -0.4 is 10.6 Å². The molecule has 1 saturated heterocycles. The number of carboxylic acid groups (broad SMARTS) is 1. The van der Waals surface area contributed by atoms with Crippen molar-refractivity contribution in [2.75, 3.05) is 24.2 Å². The van der Waals surface area contributed by atoms with Crippen molar-refractivity contribution in [3.05, 3.63) is 28.2 Å². The first kappa shape index (κ1) is 16.3. The molecule has 0 spiro atoms. The summed E-state index contributed by atoms with van der Waals surface area (Å²) in [5, 5.41) is 15.6. The Labute approximate surface area is 136 Å². The topological polar surface area (TPSA) is 78.4 Å². The van der Waals surface area contributed by atoms with Gasteiger partial charge in [0, 0.05) is 9.72 Å². The standard InChI is InChI=1S/C14H17BrN2O3S/c15-11-3-1-2-10(14(19)20)13(11)17-12(18)8-21-9-4-6-16-7-5-9/h1-3,9,16H,4-8H2,(H,17,18)(H,19,20). The van der Waals surface area contributed by atoms with Gasteiger partial charge in [0.15, 0.2) is 0 Å². The van der Waals surface area contributed by atoms with Crippen molar-refractivity contribution < 1.29 is 14.7 Å². The Bertz CT molecular complexity index is 533. The molecule has 1 aliphatic rings. The average molecular weight is 373 g/mol. The van der Waals surface area contributed by atoms with Gasteiger partial charge in [0.05, 0.1) is 17.0 Å². The smallest absolute Gasteiger partial charge is 0.337 e. The van der Waals surface area contributed by atoms with Crippen molar-refractivity contribution in [3.8, 4) is 0 Å². The molecule has 5 nitrogen and oxygen atoms in total. The number of benzene rings is 1. The third-order valence-electron chi connectivity index (χ3n) is 3.24. The summed E-state index contributed by atoms with van der Waals surface area (Å²) < 4.78 is 0.572. The molecule has 0 aromatic heterocycles. The third-order valence-corrected chi connectivity index (χ3v) is 5.28. The fourth-order valence-corrected chi connectivity index (χ4v) is 3.65. The fraction of sp³-hybridized carbons (Fsp3) is 0.429. The number of para-hydroxylation sites is 1. The minimum Gasteiger partial charge on any atom is -0.478 e. The number of hydrogen-bond acceptors (Lipinski definition) is 4. The summed E-state index contributed by atoms with van der Waals surface area (Å²) in [5.41, 5.74) is 0.408. The van der Waals surface area contributed by atoms with Crippen molar-refractivity contribution in [2.24, 2.45) is 0 Å². The number of carbonyl (C=O) groups excluding carboxylic acids is 1. The second kappa shape index (κ2) is 7.82. The summed E-state index contributed by atoms with van der Waals surface area (Å²) in [4.78, 5) is 23.2. The Morgan fingerprint density at radius 2 is 2.10 bits per heavy atom. The summed E-state index contributed by atoms with van der Waals surface area (Å²) in [7, 11) is 0. The summed E-state index contributed by atoms with van der Waals surface area (Å²) in [6.45, 7) is 1.99. The maximum atomic E-state index is 12.0. The van der Waals surface area contributed by atoms with E-state index < -0.39 is 5.97 Å². The Hall–Kier alpha value is -1.05. The van der Waals surface area contributed by atoms with Crippen LogP contribution in [0.4, 0.5) is 5.69 Å². The summed E-state index contributed by atoms with van der Waals surface area (Å²) in [5.74, 6) is -0.893. The second-order valence-corrected chi connectivity index (χ2v) is 6.92. The normalized spacial score (nSPS) is 15.7. The Kier molecular flexibility index (Phi) is 6.08. The van der Waals surface area contributed by atoms with Crippen molar-refractivity contribution in [2.45, 2.75) is 18.1 Å². The lowest BCUT2D eigenvalue weighted by molar-refractivity contribution is -0.113. The van der Waals surface area contributed by atoms with Crippen LogP contribution in [0.25, 0.3) is 0 Å². The third kappa shape index (κ3) is 4.72. The largest absolute Gasteiger partial charge is 0.478 e. The number of hydrogen-bond donors (Lipinski definition) is 3. The van der Waals surface area contributed by atoms with E-state index in [4.69, 9.17) is 5.11 Å². The number of carboxylic acids is 1. The predicted molar refractivity (Wildman–Crippen MR) is 88.1 cm³/mol. The molecule has 1 aromatic rings. The minimum absolute atomic E-state index is 0.0876. The van der Waals surface area contributed by atoms with E-state index in [0.29, 0.717) is 21.2 Å². The van der Waals surface area contributed by atoms with Crippen LogP contribution in [-0.2, 0) is 4.79 Å². The van der Waals surface area contributed by atoms with E-state index >= 15 is 0 Å². The highest BCUT2D eigenvalue weighted by Gasteiger charge is 2.18. The number of anilines is 1. The lowest BCUT2D eigenvalue weighted by Crippen LogP contribution is -2.30. The van der Waals surface area contributed by atoms with E-state index in [9.17, 15) is 9.59 Å². The van der Waals surface area contributed by atoms with Crippen molar-refractivity contribution in [1.29, 1.82) is 0 Å². The molecule has 0 unspecified atom stereocenters. The summed E-state index contributed by atoms with van der Waals surface area (Å²) in [6.07, 6.45) is 2.13. The van der Waals surface area contributed by atoms with Gasteiger partial charge in [-0.2, -0.15) is 0 Å². The monoisotopic (exact) mass is 372 g/mol. The van der Waals surface area contributed by atoms with Crippen LogP contribution in [0, 0.1) is 0 Å². The fourth-order valence-electron chi connectivity index (χ4n) is 2.16. The minimum atomic E-state index is -1.06. The maximum absolute atomic E-state index is 12.0. The van der Waals surface area contributed by atoms with Crippen molar-refractivity contribution in [1.82, 2.24) is 5.32 Å². The molecule has 0 aliphatic carbocycles. The van der Waals surface area contributed by atoms with Crippen LogP contribution >= 0.6 is 27.7 Å². The van der Waals surface area contributed by atoms with Gasteiger partial charge in [0.2, 0.25) is 5.91 Å². The van der Waals surface area contributed by atoms with Crippen LogP contribution in [0.1, 0.15) is 23.2 Å². The predicted octanol–water partition coefficient (Wildman–Crippen LogP) is 2.57. The summed E-state index contributed by atoms with van der Waals surface area (Å²) >= 11 is 4.91. The first-order valence-electron chi connectivity index (χ1n) is 6.72. The molecule has 1 amide bonds. The molecule has 0 atom stereocenters. The van der Waals surface area contributed by atoms with Gasteiger partial charge in [-0.1, -0.05) is 6.07 Å². The highest BCUT2D eigenvalue weighted by atomic mass is 79.9. The number of nitrogens with one attached hydrogen (secondary N) is 2. The Morgan fingerprint density at radius 1 is 1.38 bits per heavy atom.